The molecule has 0 aliphatic rings. The standard InChI is InChI=1S/C7H11N3S/c1-5-3-11-4-6(5)7(9-2)10-8/h3-4H,8H2,1-2H3,(H,9,10). The highest BCUT2D eigenvalue weighted by Crippen LogP contribution is 2.13. The van der Waals surface area contributed by atoms with Crippen LogP contribution in [0.3, 0.4) is 0 Å². The van der Waals surface area contributed by atoms with Crippen molar-refractivity contribution in [2.75, 3.05) is 7.05 Å². The molecule has 11 heavy (non-hydrogen) atoms. The Hall–Kier alpha value is -0.870. The first-order chi connectivity index (χ1) is 5.29. The molecule has 0 spiro atoms. The summed E-state index contributed by atoms with van der Waals surface area (Å²) in [4.78, 5) is 4.00. The molecule has 3 N–H and O–H groups in total. The Labute approximate surface area is 69.9 Å². The van der Waals surface area contributed by atoms with Crippen LogP contribution in [-0.2, 0) is 0 Å². The van der Waals surface area contributed by atoms with Gasteiger partial charge >= 0.3 is 0 Å². The van der Waals surface area contributed by atoms with Gasteiger partial charge in [0.05, 0.1) is 0 Å². The lowest BCUT2D eigenvalue weighted by molar-refractivity contribution is 1.02. The SMILES string of the molecule is CN=C(NN)c1cscc1C. The fraction of sp³-hybridized carbons (Fsp3) is 0.286. The zero-order valence-electron chi connectivity index (χ0n) is 6.59. The normalized spacial score (nSPS) is 11.7. The predicted molar refractivity (Wildman–Crippen MR) is 48.8 cm³/mol. The van der Waals surface area contributed by atoms with Crippen LogP contribution < -0.4 is 11.3 Å². The number of hydrogen-bond donors (Lipinski definition) is 2. The second kappa shape index (κ2) is 3.50. The van der Waals surface area contributed by atoms with E-state index in [4.69, 9.17) is 5.84 Å². The lowest BCUT2D eigenvalue weighted by Crippen LogP contribution is -2.31. The molecule has 0 saturated carbocycles. The smallest absolute Gasteiger partial charge is 0.143 e. The van der Waals surface area contributed by atoms with E-state index in [1.807, 2.05) is 12.3 Å². The summed E-state index contributed by atoms with van der Waals surface area (Å²) >= 11 is 1.65. The summed E-state index contributed by atoms with van der Waals surface area (Å²) in [5.74, 6) is 6.01. The summed E-state index contributed by atoms with van der Waals surface area (Å²) in [5.41, 5.74) is 4.84. The van der Waals surface area contributed by atoms with Crippen molar-refractivity contribution >= 4 is 17.2 Å². The molecule has 0 bridgehead atoms. The molecule has 0 aliphatic carbocycles. The number of thiophene rings is 1. The van der Waals surface area contributed by atoms with E-state index in [1.165, 1.54) is 5.56 Å². The van der Waals surface area contributed by atoms with Crippen LogP contribution in [0.15, 0.2) is 15.8 Å². The average molecular weight is 169 g/mol. The minimum Gasteiger partial charge on any atom is -0.308 e. The van der Waals surface area contributed by atoms with Crippen LogP contribution in [0.1, 0.15) is 11.1 Å². The number of nitrogens with one attached hydrogen (secondary N) is 1. The molecule has 0 saturated heterocycles. The van der Waals surface area contributed by atoms with Crippen molar-refractivity contribution in [3.05, 3.63) is 21.9 Å². The van der Waals surface area contributed by atoms with Crippen LogP contribution >= 0.6 is 11.3 Å². The summed E-state index contributed by atoms with van der Waals surface area (Å²) in [5, 5.41) is 4.09. The van der Waals surface area contributed by atoms with Crippen molar-refractivity contribution < 1.29 is 0 Å². The van der Waals surface area contributed by atoms with E-state index in [0.717, 1.165) is 11.4 Å². The van der Waals surface area contributed by atoms with Gasteiger partial charge < -0.3 is 5.43 Å². The van der Waals surface area contributed by atoms with Gasteiger partial charge in [-0.15, -0.1) is 0 Å². The molecule has 0 aromatic carbocycles. The van der Waals surface area contributed by atoms with Crippen LogP contribution in [0.5, 0.6) is 0 Å². The summed E-state index contributed by atoms with van der Waals surface area (Å²) in [6.45, 7) is 2.04. The average Bonchev–Trinajstić information content (AvgIpc) is 2.40. The molecule has 0 fully saturated rings. The monoisotopic (exact) mass is 169 g/mol. The van der Waals surface area contributed by atoms with E-state index in [-0.39, 0.29) is 0 Å². The van der Waals surface area contributed by atoms with Gasteiger partial charge in [-0.3, -0.25) is 4.99 Å². The first-order valence-corrected chi connectivity index (χ1v) is 4.20. The highest BCUT2D eigenvalue weighted by atomic mass is 32.1. The van der Waals surface area contributed by atoms with E-state index in [1.54, 1.807) is 18.4 Å². The second-order valence-corrected chi connectivity index (χ2v) is 2.93. The third-order valence-electron chi connectivity index (χ3n) is 1.47. The van der Waals surface area contributed by atoms with Crippen molar-refractivity contribution in [2.24, 2.45) is 10.8 Å². The predicted octanol–water partition coefficient (Wildman–Crippen LogP) is 0.896. The Kier molecular flexibility index (Phi) is 2.62. The Balaban J connectivity index is 3.00. The maximum absolute atomic E-state index is 5.27. The Bertz CT molecular complexity index is 264. The van der Waals surface area contributed by atoms with Gasteiger partial charge in [0.1, 0.15) is 5.84 Å². The highest BCUT2D eigenvalue weighted by molar-refractivity contribution is 7.08. The van der Waals surface area contributed by atoms with Crippen LogP contribution in [-0.4, -0.2) is 12.9 Å². The largest absolute Gasteiger partial charge is 0.308 e. The minimum absolute atomic E-state index is 0.740. The van der Waals surface area contributed by atoms with E-state index in [0.29, 0.717) is 0 Å². The molecule has 1 heterocycles. The minimum atomic E-state index is 0.740. The van der Waals surface area contributed by atoms with Gasteiger partial charge in [-0.1, -0.05) is 0 Å². The van der Waals surface area contributed by atoms with Gasteiger partial charge in [0.25, 0.3) is 0 Å². The highest BCUT2D eigenvalue weighted by Gasteiger charge is 2.03. The molecule has 1 aromatic rings. The van der Waals surface area contributed by atoms with Gasteiger partial charge in [0, 0.05) is 18.0 Å². The van der Waals surface area contributed by atoms with E-state index >= 15 is 0 Å². The Morgan fingerprint density at radius 3 is 2.73 bits per heavy atom. The summed E-state index contributed by atoms with van der Waals surface area (Å²) in [6.07, 6.45) is 0. The van der Waals surface area contributed by atoms with Crippen LogP contribution in [0.4, 0.5) is 0 Å². The number of amidine groups is 1. The molecule has 1 aromatic heterocycles. The first-order valence-electron chi connectivity index (χ1n) is 3.26. The van der Waals surface area contributed by atoms with Crippen molar-refractivity contribution in [1.29, 1.82) is 0 Å². The first kappa shape index (κ1) is 8.23. The molecule has 60 valence electrons. The van der Waals surface area contributed by atoms with E-state index < -0.39 is 0 Å². The van der Waals surface area contributed by atoms with Crippen LogP contribution in [0.25, 0.3) is 0 Å². The number of rotatable bonds is 1. The number of hydrogen-bond acceptors (Lipinski definition) is 3. The lowest BCUT2D eigenvalue weighted by atomic mass is 10.2. The maximum atomic E-state index is 5.27. The molecule has 0 aliphatic heterocycles. The molecule has 1 rings (SSSR count). The summed E-state index contributed by atoms with van der Waals surface area (Å²) in [6, 6.07) is 0. The van der Waals surface area contributed by atoms with Gasteiger partial charge in [-0.25, -0.2) is 5.84 Å². The molecule has 0 unspecified atom stereocenters. The number of nitrogens with two attached hydrogens (primary N) is 1. The Morgan fingerprint density at radius 1 is 1.64 bits per heavy atom. The third-order valence-corrected chi connectivity index (χ3v) is 2.33. The molecule has 4 heteroatoms. The van der Waals surface area contributed by atoms with Crippen LogP contribution in [0.2, 0.25) is 0 Å². The molecule has 3 nitrogen and oxygen atoms in total. The zero-order valence-corrected chi connectivity index (χ0v) is 7.40. The van der Waals surface area contributed by atoms with Crippen molar-refractivity contribution in [3.63, 3.8) is 0 Å². The van der Waals surface area contributed by atoms with Crippen LogP contribution in [0, 0.1) is 6.92 Å². The Morgan fingerprint density at radius 2 is 2.36 bits per heavy atom. The van der Waals surface area contributed by atoms with E-state index in [2.05, 4.69) is 15.8 Å². The second-order valence-electron chi connectivity index (χ2n) is 2.19. The quantitative estimate of drug-likeness (QED) is 0.284. The van der Waals surface area contributed by atoms with Gasteiger partial charge in [-0.2, -0.15) is 11.3 Å². The lowest BCUT2D eigenvalue weighted by Gasteiger charge is -2.02. The van der Waals surface area contributed by atoms with Gasteiger partial charge in [0.15, 0.2) is 0 Å². The molecular weight excluding hydrogens is 158 g/mol. The molecule has 0 radical (unpaired) electrons. The maximum Gasteiger partial charge on any atom is 0.143 e. The molecule has 0 atom stereocenters. The van der Waals surface area contributed by atoms with Crippen molar-refractivity contribution in [3.8, 4) is 0 Å². The van der Waals surface area contributed by atoms with Crippen molar-refractivity contribution in [2.45, 2.75) is 6.92 Å². The van der Waals surface area contributed by atoms with Gasteiger partial charge in [-0.05, 0) is 17.9 Å². The summed E-state index contributed by atoms with van der Waals surface area (Å²) < 4.78 is 0. The fourth-order valence-corrected chi connectivity index (χ4v) is 1.70. The van der Waals surface area contributed by atoms with Gasteiger partial charge in [0.2, 0.25) is 0 Å². The number of aryl methyl sites for hydroxylation is 1. The summed E-state index contributed by atoms with van der Waals surface area (Å²) in [7, 11) is 1.71. The number of aliphatic imine (C=N–C) groups is 1. The van der Waals surface area contributed by atoms with E-state index in [9.17, 15) is 0 Å². The number of nitrogens with zero attached hydrogens (tertiary/aromatic N) is 1. The van der Waals surface area contributed by atoms with Crippen molar-refractivity contribution in [1.82, 2.24) is 5.43 Å². The topological polar surface area (TPSA) is 50.4 Å². The number of hydrazine groups is 1. The fourth-order valence-electron chi connectivity index (χ4n) is 0.866. The molecular formula is C7H11N3S. The zero-order chi connectivity index (χ0) is 8.27. The third kappa shape index (κ3) is 1.58. The molecule has 0 amide bonds.